The third-order valence-corrected chi connectivity index (χ3v) is 5.29. The van der Waals surface area contributed by atoms with E-state index >= 15 is 0 Å². The maximum absolute atomic E-state index is 11.7. The zero-order chi connectivity index (χ0) is 13.6. The first-order valence-electron chi connectivity index (χ1n) is 5.13. The van der Waals surface area contributed by atoms with Gasteiger partial charge in [0.25, 0.3) is 0 Å². The predicted molar refractivity (Wildman–Crippen MR) is 69.2 cm³/mol. The second-order valence-corrected chi connectivity index (χ2v) is 7.45. The quantitative estimate of drug-likeness (QED) is 0.833. The molecule has 0 aromatic heterocycles. The topological polar surface area (TPSA) is 81.7 Å². The normalized spacial score (nSPS) is 24.9. The zero-order valence-electron chi connectivity index (χ0n) is 9.46. The highest BCUT2D eigenvalue weighted by Gasteiger charge is 2.72. The molecule has 1 aliphatic carbocycles. The molecule has 1 aromatic rings. The Kier molecular flexibility index (Phi) is 2.96. The summed E-state index contributed by atoms with van der Waals surface area (Å²) in [6.45, 7) is 0. The summed E-state index contributed by atoms with van der Waals surface area (Å²) < 4.78 is 24.2. The first kappa shape index (κ1) is 13.1. The van der Waals surface area contributed by atoms with E-state index < -0.39 is 26.4 Å². The second kappa shape index (κ2) is 4.08. The number of benzene rings is 1. The number of hydrogen-bond donors (Lipinski definition) is 0. The lowest BCUT2D eigenvalue weighted by molar-refractivity contribution is 0.597. The summed E-state index contributed by atoms with van der Waals surface area (Å²) in [7, 11) is -3.43. The lowest BCUT2D eigenvalue weighted by Gasteiger charge is -1.99. The lowest BCUT2D eigenvalue weighted by Crippen LogP contribution is -2.11. The summed E-state index contributed by atoms with van der Waals surface area (Å²) in [6, 6.07) is 10.8. The highest BCUT2D eigenvalue weighted by molar-refractivity contribution is 9.10. The van der Waals surface area contributed by atoms with Crippen molar-refractivity contribution in [1.29, 1.82) is 10.5 Å². The van der Waals surface area contributed by atoms with E-state index in [1.165, 1.54) is 0 Å². The molecule has 1 saturated carbocycles. The molecule has 0 saturated heterocycles. The third kappa shape index (κ3) is 1.82. The molecule has 0 aliphatic heterocycles. The Bertz CT molecular complexity index is 654. The van der Waals surface area contributed by atoms with Crippen LogP contribution in [0, 0.1) is 28.1 Å². The number of hydrogen-bond acceptors (Lipinski definition) is 4. The molecule has 18 heavy (non-hydrogen) atoms. The van der Waals surface area contributed by atoms with E-state index in [9.17, 15) is 8.42 Å². The van der Waals surface area contributed by atoms with Gasteiger partial charge in [-0.3, -0.25) is 0 Å². The van der Waals surface area contributed by atoms with Gasteiger partial charge in [0.1, 0.15) is 5.25 Å². The standard InChI is InChI=1S/C12H9BrN2O2S/c1-18(16,17)11-10(12(11,6-14)7-15)8-2-4-9(13)5-3-8/h2-5,10-11H,1H3/t10-,11-/m0/s1. The largest absolute Gasteiger partial charge is 0.229 e. The Morgan fingerprint density at radius 3 is 2.06 bits per heavy atom. The molecule has 2 rings (SSSR count). The highest BCUT2D eigenvalue weighted by atomic mass is 79.9. The molecule has 6 heteroatoms. The van der Waals surface area contributed by atoms with Crippen LogP contribution in [0.4, 0.5) is 0 Å². The number of rotatable bonds is 2. The van der Waals surface area contributed by atoms with Gasteiger partial charge in [-0.15, -0.1) is 0 Å². The summed E-state index contributed by atoms with van der Waals surface area (Å²) >= 11 is 3.28. The van der Waals surface area contributed by atoms with Gasteiger partial charge in [0.15, 0.2) is 15.3 Å². The molecular formula is C12H9BrN2O2S. The number of nitrogens with zero attached hydrogens (tertiary/aromatic N) is 2. The Morgan fingerprint density at radius 1 is 1.22 bits per heavy atom. The minimum Gasteiger partial charge on any atom is -0.229 e. The minimum atomic E-state index is -3.43. The maximum Gasteiger partial charge on any atom is 0.169 e. The molecular weight excluding hydrogens is 316 g/mol. The van der Waals surface area contributed by atoms with Crippen LogP contribution in [0.5, 0.6) is 0 Å². The molecule has 0 spiro atoms. The van der Waals surface area contributed by atoms with Gasteiger partial charge in [0, 0.05) is 16.6 Å². The monoisotopic (exact) mass is 324 g/mol. The Labute approximate surface area is 114 Å². The van der Waals surface area contributed by atoms with Crippen molar-refractivity contribution < 1.29 is 8.42 Å². The molecule has 0 bridgehead atoms. The van der Waals surface area contributed by atoms with Crippen molar-refractivity contribution in [2.24, 2.45) is 5.41 Å². The summed E-state index contributed by atoms with van der Waals surface area (Å²) in [5.41, 5.74) is -0.738. The van der Waals surface area contributed by atoms with Crippen LogP contribution in [0.3, 0.4) is 0 Å². The van der Waals surface area contributed by atoms with Crippen LogP contribution < -0.4 is 0 Å². The van der Waals surface area contributed by atoms with E-state index in [2.05, 4.69) is 15.9 Å². The van der Waals surface area contributed by atoms with Crippen molar-refractivity contribution in [2.75, 3.05) is 6.26 Å². The molecule has 0 unspecified atom stereocenters. The van der Waals surface area contributed by atoms with Crippen LogP contribution in [0.15, 0.2) is 28.7 Å². The van der Waals surface area contributed by atoms with E-state index in [0.29, 0.717) is 5.56 Å². The minimum absolute atomic E-state index is 0.560. The van der Waals surface area contributed by atoms with E-state index in [1.54, 1.807) is 24.3 Å². The van der Waals surface area contributed by atoms with Crippen molar-refractivity contribution >= 4 is 25.8 Å². The van der Waals surface area contributed by atoms with Crippen molar-refractivity contribution in [3.05, 3.63) is 34.3 Å². The van der Waals surface area contributed by atoms with Crippen molar-refractivity contribution in [3.63, 3.8) is 0 Å². The van der Waals surface area contributed by atoms with Crippen LogP contribution in [-0.4, -0.2) is 19.9 Å². The Hall–Kier alpha value is -1.37. The molecule has 0 amide bonds. The second-order valence-electron chi connectivity index (χ2n) is 4.37. The highest BCUT2D eigenvalue weighted by Crippen LogP contribution is 2.62. The molecule has 2 atom stereocenters. The Balaban J connectivity index is 2.50. The van der Waals surface area contributed by atoms with Gasteiger partial charge < -0.3 is 0 Å². The van der Waals surface area contributed by atoms with Crippen LogP contribution in [-0.2, 0) is 9.84 Å². The smallest absolute Gasteiger partial charge is 0.169 e. The van der Waals surface area contributed by atoms with Gasteiger partial charge in [-0.05, 0) is 17.7 Å². The van der Waals surface area contributed by atoms with E-state index in [4.69, 9.17) is 10.5 Å². The average molecular weight is 325 g/mol. The molecule has 92 valence electrons. The van der Waals surface area contributed by atoms with Gasteiger partial charge in [-0.1, -0.05) is 28.1 Å². The first-order valence-corrected chi connectivity index (χ1v) is 7.88. The molecule has 1 aromatic carbocycles. The Morgan fingerprint density at radius 2 is 1.72 bits per heavy atom. The third-order valence-electron chi connectivity index (χ3n) is 3.19. The van der Waals surface area contributed by atoms with E-state index in [1.807, 2.05) is 12.1 Å². The molecule has 4 nitrogen and oxygen atoms in total. The number of halogens is 1. The maximum atomic E-state index is 11.7. The van der Waals surface area contributed by atoms with Gasteiger partial charge in [0.2, 0.25) is 0 Å². The van der Waals surface area contributed by atoms with Crippen LogP contribution in [0.1, 0.15) is 11.5 Å². The van der Waals surface area contributed by atoms with E-state index in [-0.39, 0.29) is 0 Å². The van der Waals surface area contributed by atoms with Gasteiger partial charge in [-0.25, -0.2) is 8.42 Å². The summed E-state index contributed by atoms with van der Waals surface area (Å²) in [5.74, 6) is -0.560. The number of sulfone groups is 1. The zero-order valence-corrected chi connectivity index (χ0v) is 11.9. The van der Waals surface area contributed by atoms with Gasteiger partial charge >= 0.3 is 0 Å². The van der Waals surface area contributed by atoms with Crippen LogP contribution >= 0.6 is 15.9 Å². The SMILES string of the molecule is CS(=O)(=O)[C@H]1[C@H](c2ccc(Br)cc2)C1(C#N)C#N. The molecule has 0 radical (unpaired) electrons. The summed E-state index contributed by atoms with van der Waals surface area (Å²) in [4.78, 5) is 0. The average Bonchev–Trinajstić information content (AvgIpc) is 3.00. The molecule has 1 aliphatic rings. The summed E-state index contributed by atoms with van der Waals surface area (Å²) in [5, 5.41) is 17.3. The predicted octanol–water partition coefficient (Wildman–Crippen LogP) is 1.99. The van der Waals surface area contributed by atoms with Crippen LogP contribution in [0.25, 0.3) is 0 Å². The van der Waals surface area contributed by atoms with Crippen molar-refractivity contribution in [3.8, 4) is 12.1 Å². The fourth-order valence-corrected chi connectivity index (χ4v) is 4.32. The molecule has 1 fully saturated rings. The van der Waals surface area contributed by atoms with Crippen molar-refractivity contribution in [2.45, 2.75) is 11.2 Å². The fourth-order valence-electron chi connectivity index (χ4n) is 2.34. The molecule has 0 N–H and O–H groups in total. The number of nitriles is 2. The van der Waals surface area contributed by atoms with E-state index in [0.717, 1.165) is 10.7 Å². The van der Waals surface area contributed by atoms with Gasteiger partial charge in [-0.2, -0.15) is 10.5 Å². The van der Waals surface area contributed by atoms with Crippen molar-refractivity contribution in [1.82, 2.24) is 0 Å². The summed E-state index contributed by atoms with van der Waals surface area (Å²) in [6.07, 6.45) is 1.07. The fraction of sp³-hybridized carbons (Fsp3) is 0.333. The van der Waals surface area contributed by atoms with Gasteiger partial charge in [0.05, 0.1) is 12.1 Å². The molecule has 0 heterocycles. The first-order chi connectivity index (χ1) is 8.36. The lowest BCUT2D eigenvalue weighted by atomic mass is 10.0. The van der Waals surface area contributed by atoms with Crippen LogP contribution in [0.2, 0.25) is 0 Å².